The van der Waals surface area contributed by atoms with Gasteiger partial charge < -0.3 is 14.1 Å². The fraction of sp³-hybridized carbons (Fsp3) is 0.351. The molecule has 0 aliphatic carbocycles. The van der Waals surface area contributed by atoms with Crippen LogP contribution in [0.3, 0.4) is 0 Å². The Morgan fingerprint density at radius 1 is 0.889 bits per heavy atom. The number of fused-ring (bicyclic) bond motifs is 3. The number of hydrogen-bond donors (Lipinski definition) is 0. The number of thiophene rings is 1. The predicted molar refractivity (Wildman–Crippen MR) is 186 cm³/mol. The van der Waals surface area contributed by atoms with E-state index in [9.17, 15) is 4.79 Å². The quantitative estimate of drug-likeness (QED) is 0.182. The van der Waals surface area contributed by atoms with E-state index in [0.29, 0.717) is 28.9 Å². The highest BCUT2D eigenvalue weighted by atomic mass is 32.1. The summed E-state index contributed by atoms with van der Waals surface area (Å²) in [7, 11) is -0.453. The summed E-state index contributed by atoms with van der Waals surface area (Å²) >= 11 is 1.48. The van der Waals surface area contributed by atoms with Crippen LogP contribution >= 0.6 is 11.3 Å². The van der Waals surface area contributed by atoms with E-state index in [2.05, 4.69) is 98.4 Å². The van der Waals surface area contributed by atoms with E-state index in [0.717, 1.165) is 29.2 Å². The third kappa shape index (κ3) is 5.58. The highest BCUT2D eigenvalue weighted by molar-refractivity contribution is 7.18. The van der Waals surface area contributed by atoms with E-state index in [1.165, 1.54) is 34.6 Å². The summed E-state index contributed by atoms with van der Waals surface area (Å²) in [5.74, 6) is 0.855. The summed E-state index contributed by atoms with van der Waals surface area (Å²) in [5, 5.41) is 2.35. The summed E-state index contributed by atoms with van der Waals surface area (Å²) < 4.78 is 15.8. The van der Waals surface area contributed by atoms with Crippen molar-refractivity contribution in [3.05, 3.63) is 113 Å². The summed E-state index contributed by atoms with van der Waals surface area (Å²) in [4.78, 5) is 21.9. The Hall–Kier alpha value is -3.56. The van der Waals surface area contributed by atoms with Gasteiger partial charge in [-0.3, -0.25) is 9.36 Å². The van der Waals surface area contributed by atoms with Gasteiger partial charge in [0, 0.05) is 17.0 Å². The first-order valence-corrected chi connectivity index (χ1v) is 18.7. The number of ether oxygens (including phenoxy) is 1. The van der Waals surface area contributed by atoms with Gasteiger partial charge in [-0.2, -0.15) is 0 Å². The van der Waals surface area contributed by atoms with E-state index < -0.39 is 8.32 Å². The Morgan fingerprint density at radius 3 is 2.07 bits per heavy atom. The Morgan fingerprint density at radius 2 is 1.49 bits per heavy atom. The van der Waals surface area contributed by atoms with Crippen LogP contribution in [0.15, 0.2) is 102 Å². The zero-order chi connectivity index (χ0) is 31.2. The average Bonchev–Trinajstić information content (AvgIpc) is 3.54. The van der Waals surface area contributed by atoms with Crippen LogP contribution in [0.1, 0.15) is 51.3 Å². The lowest BCUT2D eigenvalue weighted by atomic mass is 10.0. The summed E-state index contributed by atoms with van der Waals surface area (Å²) in [6, 6.07) is 32.4. The minimum Gasteiger partial charge on any atom is -0.490 e. The minimum atomic E-state index is -2.70. The second-order valence-electron chi connectivity index (χ2n) is 13.6. The highest BCUT2D eigenvalue weighted by Gasteiger charge is 2.50. The Kier molecular flexibility index (Phi) is 8.02. The Labute approximate surface area is 270 Å². The fourth-order valence-corrected chi connectivity index (χ4v) is 13.1. The molecular formula is C37H41N3O3SSi. The zero-order valence-electron chi connectivity index (χ0n) is 26.5. The van der Waals surface area contributed by atoms with Gasteiger partial charge >= 0.3 is 0 Å². The van der Waals surface area contributed by atoms with Gasteiger partial charge in [-0.1, -0.05) is 81.4 Å². The third-order valence-corrected chi connectivity index (χ3v) is 15.9. The van der Waals surface area contributed by atoms with Crippen LogP contribution in [0, 0.1) is 0 Å². The molecule has 6 nitrogen and oxygen atoms in total. The zero-order valence-corrected chi connectivity index (χ0v) is 28.3. The molecule has 0 radical (unpaired) electrons. The second kappa shape index (κ2) is 12.0. The molecule has 0 unspecified atom stereocenters. The molecule has 2 bridgehead atoms. The number of piperidine rings is 1. The molecule has 2 aromatic heterocycles. The van der Waals surface area contributed by atoms with Crippen molar-refractivity contribution in [1.29, 1.82) is 0 Å². The lowest BCUT2D eigenvalue weighted by Crippen LogP contribution is -2.66. The maximum Gasteiger partial charge on any atom is 0.275 e. The van der Waals surface area contributed by atoms with E-state index in [1.807, 2.05) is 30.3 Å². The molecule has 45 heavy (non-hydrogen) atoms. The molecule has 3 atom stereocenters. The molecule has 0 saturated carbocycles. The molecule has 2 aliphatic rings. The maximum absolute atomic E-state index is 13.7. The van der Waals surface area contributed by atoms with Gasteiger partial charge in [-0.15, -0.1) is 11.3 Å². The Bertz CT molecular complexity index is 1780. The summed E-state index contributed by atoms with van der Waals surface area (Å²) in [6.45, 7) is 7.24. The summed E-state index contributed by atoms with van der Waals surface area (Å²) in [6.07, 6.45) is 6.59. The smallest absolute Gasteiger partial charge is 0.275 e. The van der Waals surface area contributed by atoms with E-state index >= 15 is 0 Å². The molecule has 8 heteroatoms. The van der Waals surface area contributed by atoms with Crippen LogP contribution in [0.2, 0.25) is 5.04 Å². The standard InChI is InChI=1S/C37H41N3O3SSi/c1-37(2,3)45(32-11-7-5-8-12-32,33-13-9-6-10-14-33)42-24-31-23-34-35(44-31)36(41)40(25-38-34)26-17-19-29(20-18-26)43-30-21-27-15-16-28(22-30)39(27)4/h5-14,17-20,23,25,27-28,30H,15-16,21-22,24H2,1-4H3/t27-,28+,30+. The normalized spacial score (nSPS) is 20.5. The van der Waals surface area contributed by atoms with E-state index in [4.69, 9.17) is 9.16 Å². The first kappa shape index (κ1) is 30.1. The first-order chi connectivity index (χ1) is 21.7. The van der Waals surface area contributed by atoms with E-state index in [1.54, 1.807) is 10.9 Å². The summed E-state index contributed by atoms with van der Waals surface area (Å²) in [5.41, 5.74) is 1.42. The van der Waals surface area contributed by atoms with Gasteiger partial charge in [0.15, 0.2) is 0 Å². The molecule has 4 heterocycles. The third-order valence-electron chi connectivity index (χ3n) is 9.81. The van der Waals surface area contributed by atoms with Crippen LogP contribution in [0.25, 0.3) is 15.9 Å². The Balaban J connectivity index is 1.13. The number of hydrogen-bond acceptors (Lipinski definition) is 6. The van der Waals surface area contributed by atoms with Crippen molar-refractivity contribution in [3.8, 4) is 11.4 Å². The van der Waals surface area contributed by atoms with Crippen molar-refractivity contribution in [1.82, 2.24) is 14.5 Å². The number of nitrogens with zero attached hydrogens (tertiary/aromatic N) is 3. The molecule has 2 aliphatic heterocycles. The number of rotatable bonds is 8. The van der Waals surface area contributed by atoms with Crippen molar-refractivity contribution >= 4 is 40.2 Å². The lowest BCUT2D eigenvalue weighted by Gasteiger charge is -2.43. The topological polar surface area (TPSA) is 56.6 Å². The van der Waals surface area contributed by atoms with Crippen molar-refractivity contribution < 1.29 is 9.16 Å². The minimum absolute atomic E-state index is 0.0674. The van der Waals surface area contributed by atoms with Gasteiger partial charge in [-0.05, 0) is 78.5 Å². The van der Waals surface area contributed by atoms with Crippen LogP contribution < -0.4 is 20.7 Å². The van der Waals surface area contributed by atoms with Gasteiger partial charge in [0.25, 0.3) is 13.9 Å². The molecular weight excluding hydrogens is 595 g/mol. The SMILES string of the molecule is CN1[C@@H]2CC[C@H]1C[C@@H](Oc1ccc(-n3cnc4cc(CO[Si](c5ccccc5)(c5ccccc5)C(C)(C)C)sc4c3=O)cc1)C2. The van der Waals surface area contributed by atoms with Crippen LogP contribution in [0.4, 0.5) is 0 Å². The lowest BCUT2D eigenvalue weighted by molar-refractivity contribution is 0.0662. The van der Waals surface area contributed by atoms with Gasteiger partial charge in [0.1, 0.15) is 22.9 Å². The predicted octanol–water partition coefficient (Wildman–Crippen LogP) is 6.53. The van der Waals surface area contributed by atoms with Crippen molar-refractivity contribution in [3.63, 3.8) is 0 Å². The fourth-order valence-electron chi connectivity index (χ4n) is 7.49. The molecule has 232 valence electrons. The van der Waals surface area contributed by atoms with Gasteiger partial charge in [0.2, 0.25) is 0 Å². The van der Waals surface area contributed by atoms with Gasteiger partial charge in [0.05, 0.1) is 17.8 Å². The molecule has 0 spiro atoms. The first-order valence-electron chi connectivity index (χ1n) is 16.0. The molecule has 2 saturated heterocycles. The average molecular weight is 636 g/mol. The number of benzene rings is 3. The number of aromatic nitrogens is 2. The maximum atomic E-state index is 13.7. The molecule has 0 N–H and O–H groups in total. The largest absolute Gasteiger partial charge is 0.490 e. The van der Waals surface area contributed by atoms with Crippen LogP contribution in [-0.4, -0.2) is 48.0 Å². The van der Waals surface area contributed by atoms with Crippen molar-refractivity contribution in [2.75, 3.05) is 7.05 Å². The van der Waals surface area contributed by atoms with Crippen molar-refractivity contribution in [2.24, 2.45) is 0 Å². The van der Waals surface area contributed by atoms with Gasteiger partial charge in [-0.25, -0.2) is 4.98 Å². The second-order valence-corrected chi connectivity index (χ2v) is 19.0. The highest BCUT2D eigenvalue weighted by Crippen LogP contribution is 2.38. The molecule has 3 aromatic carbocycles. The molecule has 7 rings (SSSR count). The van der Waals surface area contributed by atoms with Crippen LogP contribution in [0.5, 0.6) is 5.75 Å². The monoisotopic (exact) mass is 635 g/mol. The molecule has 5 aromatic rings. The van der Waals surface area contributed by atoms with Crippen molar-refractivity contribution in [2.45, 2.75) is 76.3 Å². The van der Waals surface area contributed by atoms with E-state index in [-0.39, 0.29) is 16.7 Å². The molecule has 0 amide bonds. The van der Waals surface area contributed by atoms with Crippen LogP contribution in [-0.2, 0) is 11.0 Å². The molecule has 2 fully saturated rings.